The molecule has 0 aliphatic carbocycles. The zero-order valence-corrected chi connectivity index (χ0v) is 20.8. The second-order valence-corrected chi connectivity index (χ2v) is 8.72. The Kier molecular flexibility index (Phi) is 11.2. The number of carbonyl (C=O) groups excluding carboxylic acids is 3. The third kappa shape index (κ3) is 7.93. The van der Waals surface area contributed by atoms with Gasteiger partial charge in [-0.05, 0) is 46.7 Å². The molecule has 2 aromatic rings. The third-order valence-corrected chi connectivity index (χ3v) is 6.15. The predicted octanol–water partition coefficient (Wildman–Crippen LogP) is 4.56. The van der Waals surface area contributed by atoms with Gasteiger partial charge in [-0.3, -0.25) is 14.4 Å². The fraction of sp³-hybridized carbons (Fsp3) is 0.400. The number of ether oxygens (including phenoxy) is 1. The summed E-state index contributed by atoms with van der Waals surface area (Å²) in [5, 5.41) is 2.65. The first kappa shape index (κ1) is 25.8. The van der Waals surface area contributed by atoms with Crippen LogP contribution in [0, 0.1) is 3.57 Å². The smallest absolute Gasteiger partial charge is 0.325 e. The molecule has 1 atom stereocenters. The van der Waals surface area contributed by atoms with E-state index in [0.29, 0.717) is 18.5 Å². The molecule has 0 saturated carbocycles. The van der Waals surface area contributed by atoms with Crippen molar-refractivity contribution in [3.8, 4) is 0 Å². The van der Waals surface area contributed by atoms with Crippen LogP contribution in [-0.2, 0) is 20.9 Å². The molecule has 0 aliphatic heterocycles. The van der Waals surface area contributed by atoms with Crippen molar-refractivity contribution in [1.82, 2.24) is 10.2 Å². The van der Waals surface area contributed by atoms with Crippen LogP contribution >= 0.6 is 22.6 Å². The molecule has 2 amide bonds. The standard InChI is InChI=1S/C25H31IN2O4/c1-3-4-5-9-16-22(24(30)27-17-23(29)32-2)28(18-19-12-7-6-8-13-19)25(31)20-14-10-11-15-21(20)26/h6-8,10-15,22H,3-5,9,16-18H2,1-2H3,(H,27,30)/t22-/m0/s1. The molecule has 0 aromatic heterocycles. The summed E-state index contributed by atoms with van der Waals surface area (Å²) in [7, 11) is 1.28. The SMILES string of the molecule is CCCCCC[C@@H](C(=O)NCC(=O)OC)N(Cc1ccccc1)C(=O)c1ccccc1I. The number of nitrogens with zero attached hydrogens (tertiary/aromatic N) is 1. The molecule has 172 valence electrons. The number of hydrogen-bond donors (Lipinski definition) is 1. The number of rotatable bonds is 12. The first-order valence-corrected chi connectivity index (χ1v) is 12.0. The van der Waals surface area contributed by atoms with Gasteiger partial charge in [-0.1, -0.05) is 75.1 Å². The molecule has 32 heavy (non-hydrogen) atoms. The molecule has 7 heteroatoms. The maximum absolute atomic E-state index is 13.6. The lowest BCUT2D eigenvalue weighted by molar-refractivity contribution is -0.141. The quantitative estimate of drug-likeness (QED) is 0.239. The molecule has 0 heterocycles. The first-order valence-electron chi connectivity index (χ1n) is 10.9. The van der Waals surface area contributed by atoms with E-state index in [9.17, 15) is 14.4 Å². The minimum atomic E-state index is -0.694. The van der Waals surface area contributed by atoms with E-state index in [1.165, 1.54) is 7.11 Å². The number of hydrogen-bond acceptors (Lipinski definition) is 4. The van der Waals surface area contributed by atoms with Crippen molar-refractivity contribution in [2.24, 2.45) is 0 Å². The summed E-state index contributed by atoms with van der Waals surface area (Å²) >= 11 is 2.14. The van der Waals surface area contributed by atoms with Crippen LogP contribution in [0.3, 0.4) is 0 Å². The van der Waals surface area contributed by atoms with E-state index in [0.717, 1.165) is 34.8 Å². The van der Waals surface area contributed by atoms with E-state index in [1.54, 1.807) is 11.0 Å². The number of esters is 1. The van der Waals surface area contributed by atoms with E-state index in [1.807, 2.05) is 48.5 Å². The van der Waals surface area contributed by atoms with Crippen LogP contribution in [0.1, 0.15) is 54.9 Å². The third-order valence-electron chi connectivity index (χ3n) is 5.21. The van der Waals surface area contributed by atoms with Crippen LogP contribution in [0.2, 0.25) is 0 Å². The number of benzene rings is 2. The average molecular weight is 550 g/mol. The molecule has 0 spiro atoms. The topological polar surface area (TPSA) is 75.7 Å². The number of nitrogens with one attached hydrogen (secondary N) is 1. The Balaban J connectivity index is 2.36. The largest absolute Gasteiger partial charge is 0.468 e. The number of unbranched alkanes of at least 4 members (excludes halogenated alkanes) is 3. The Bertz CT molecular complexity index is 889. The molecule has 2 aromatic carbocycles. The fourth-order valence-electron chi connectivity index (χ4n) is 3.44. The maximum atomic E-state index is 13.6. The Morgan fingerprint density at radius 3 is 2.34 bits per heavy atom. The Hall–Kier alpha value is -2.42. The predicted molar refractivity (Wildman–Crippen MR) is 133 cm³/mol. The summed E-state index contributed by atoms with van der Waals surface area (Å²) in [6, 6.07) is 16.3. The van der Waals surface area contributed by atoms with Crippen molar-refractivity contribution >= 4 is 40.4 Å². The van der Waals surface area contributed by atoms with Gasteiger partial charge in [0, 0.05) is 10.1 Å². The zero-order valence-electron chi connectivity index (χ0n) is 18.7. The highest BCUT2D eigenvalue weighted by Gasteiger charge is 2.31. The van der Waals surface area contributed by atoms with E-state index in [4.69, 9.17) is 0 Å². The lowest BCUT2D eigenvalue weighted by atomic mass is 10.0. The van der Waals surface area contributed by atoms with Crippen molar-refractivity contribution in [2.75, 3.05) is 13.7 Å². The Morgan fingerprint density at radius 2 is 1.69 bits per heavy atom. The van der Waals surface area contributed by atoms with Crippen molar-refractivity contribution in [2.45, 2.75) is 51.6 Å². The minimum Gasteiger partial charge on any atom is -0.468 e. The summed E-state index contributed by atoms with van der Waals surface area (Å²) in [6.07, 6.45) is 4.46. The van der Waals surface area contributed by atoms with Crippen LogP contribution in [0.4, 0.5) is 0 Å². The van der Waals surface area contributed by atoms with Crippen molar-refractivity contribution in [3.63, 3.8) is 0 Å². The van der Waals surface area contributed by atoms with Crippen LogP contribution in [-0.4, -0.2) is 42.4 Å². The van der Waals surface area contributed by atoms with Gasteiger partial charge in [-0.15, -0.1) is 0 Å². The maximum Gasteiger partial charge on any atom is 0.325 e. The molecular formula is C25H31IN2O4. The highest BCUT2D eigenvalue weighted by atomic mass is 127. The summed E-state index contributed by atoms with van der Waals surface area (Å²) in [5.41, 5.74) is 1.49. The van der Waals surface area contributed by atoms with Crippen LogP contribution < -0.4 is 5.32 Å². The summed E-state index contributed by atoms with van der Waals surface area (Å²) < 4.78 is 5.47. The van der Waals surface area contributed by atoms with Crippen LogP contribution in [0.5, 0.6) is 0 Å². The second-order valence-electron chi connectivity index (χ2n) is 7.56. The van der Waals surface area contributed by atoms with Gasteiger partial charge in [0.25, 0.3) is 5.91 Å². The molecule has 0 fully saturated rings. The van der Waals surface area contributed by atoms with Crippen LogP contribution in [0.25, 0.3) is 0 Å². The normalized spacial score (nSPS) is 11.5. The summed E-state index contributed by atoms with van der Waals surface area (Å²) in [5.74, 6) is -1.07. The monoisotopic (exact) mass is 550 g/mol. The van der Waals surface area contributed by atoms with Gasteiger partial charge in [0.05, 0.1) is 12.7 Å². The molecule has 0 bridgehead atoms. The van der Waals surface area contributed by atoms with E-state index < -0.39 is 12.0 Å². The van der Waals surface area contributed by atoms with Gasteiger partial charge < -0.3 is 15.0 Å². The van der Waals surface area contributed by atoms with Gasteiger partial charge in [0.15, 0.2) is 0 Å². The number of carbonyl (C=O) groups is 3. The van der Waals surface area contributed by atoms with Crippen molar-refractivity contribution in [3.05, 3.63) is 69.3 Å². The number of methoxy groups -OCH3 is 1. The van der Waals surface area contributed by atoms with Crippen molar-refractivity contribution in [1.29, 1.82) is 0 Å². The Labute approximate surface area is 203 Å². The molecular weight excluding hydrogens is 519 g/mol. The van der Waals surface area contributed by atoms with Gasteiger partial charge in [-0.25, -0.2) is 0 Å². The second kappa shape index (κ2) is 13.9. The lowest BCUT2D eigenvalue weighted by Gasteiger charge is -2.31. The van der Waals surface area contributed by atoms with E-state index >= 15 is 0 Å². The molecule has 1 N–H and O–H groups in total. The van der Waals surface area contributed by atoms with E-state index in [-0.39, 0.29) is 18.4 Å². The first-order chi connectivity index (χ1) is 15.5. The molecule has 2 rings (SSSR count). The molecule has 6 nitrogen and oxygen atoms in total. The highest BCUT2D eigenvalue weighted by Crippen LogP contribution is 2.21. The fourth-order valence-corrected chi connectivity index (χ4v) is 4.05. The summed E-state index contributed by atoms with van der Waals surface area (Å²) in [6.45, 7) is 2.20. The van der Waals surface area contributed by atoms with Crippen LogP contribution in [0.15, 0.2) is 54.6 Å². The Morgan fingerprint density at radius 1 is 1.00 bits per heavy atom. The van der Waals surface area contributed by atoms with Gasteiger partial charge in [0.2, 0.25) is 5.91 Å². The van der Waals surface area contributed by atoms with E-state index in [2.05, 4.69) is 39.6 Å². The number of halogens is 1. The molecule has 0 unspecified atom stereocenters. The zero-order chi connectivity index (χ0) is 23.3. The minimum absolute atomic E-state index is 0.201. The lowest BCUT2D eigenvalue weighted by Crippen LogP contribution is -2.50. The van der Waals surface area contributed by atoms with Gasteiger partial charge in [0.1, 0.15) is 12.6 Å². The molecule has 0 radical (unpaired) electrons. The highest BCUT2D eigenvalue weighted by molar-refractivity contribution is 14.1. The molecule has 0 aliphatic rings. The summed E-state index contributed by atoms with van der Waals surface area (Å²) in [4.78, 5) is 40.0. The number of amides is 2. The van der Waals surface area contributed by atoms with Gasteiger partial charge in [-0.2, -0.15) is 0 Å². The molecule has 0 saturated heterocycles. The van der Waals surface area contributed by atoms with Crippen molar-refractivity contribution < 1.29 is 19.1 Å². The van der Waals surface area contributed by atoms with Gasteiger partial charge >= 0.3 is 5.97 Å². The average Bonchev–Trinajstić information content (AvgIpc) is 2.81.